The number of carbonyl (C=O) groups excluding carboxylic acids is 3. The predicted octanol–water partition coefficient (Wildman–Crippen LogP) is 4.71. The zero-order valence-corrected chi connectivity index (χ0v) is 22.2. The number of aryl methyl sites for hydroxylation is 1. The number of hydrogen-bond donors (Lipinski definition) is 2. The Morgan fingerprint density at radius 3 is 2.22 bits per heavy atom. The molecule has 0 unspecified atom stereocenters. The minimum Gasteiger partial charge on any atom is -0.368 e. The van der Waals surface area contributed by atoms with Gasteiger partial charge in [-0.15, -0.1) is 0 Å². The second kappa shape index (κ2) is 12.1. The molecule has 0 spiro atoms. The first-order valence-corrected chi connectivity index (χ1v) is 13.4. The van der Waals surface area contributed by atoms with Crippen molar-refractivity contribution < 1.29 is 14.4 Å². The zero-order chi connectivity index (χ0) is 26.4. The van der Waals surface area contributed by atoms with Gasteiger partial charge in [0, 0.05) is 55.2 Å². The molecular weight excluding hydrogens is 466 g/mol. The fraction of sp³-hybridized carbons (Fsp3) is 0.483. The third-order valence-corrected chi connectivity index (χ3v) is 7.28. The fourth-order valence-electron chi connectivity index (χ4n) is 5.13. The molecule has 0 aromatic heterocycles. The van der Waals surface area contributed by atoms with Gasteiger partial charge < -0.3 is 25.3 Å². The van der Waals surface area contributed by atoms with E-state index in [0.717, 1.165) is 55.7 Å². The van der Waals surface area contributed by atoms with Crippen molar-refractivity contribution in [2.24, 2.45) is 5.92 Å². The van der Waals surface area contributed by atoms with Gasteiger partial charge in [-0.2, -0.15) is 0 Å². The van der Waals surface area contributed by atoms with Crippen LogP contribution in [-0.4, -0.2) is 66.4 Å². The molecule has 4 amide bonds. The van der Waals surface area contributed by atoms with Crippen molar-refractivity contribution in [3.8, 4) is 0 Å². The summed E-state index contributed by atoms with van der Waals surface area (Å²) in [6, 6.07) is 15.5. The van der Waals surface area contributed by atoms with Crippen molar-refractivity contribution in [2.45, 2.75) is 52.5 Å². The zero-order valence-electron chi connectivity index (χ0n) is 22.2. The summed E-state index contributed by atoms with van der Waals surface area (Å²) in [5.74, 6) is -0.0192. The lowest BCUT2D eigenvalue weighted by molar-refractivity contribution is -0.140. The summed E-state index contributed by atoms with van der Waals surface area (Å²) in [6.45, 7) is 8.73. The number of amides is 4. The van der Waals surface area contributed by atoms with Gasteiger partial charge in [0.25, 0.3) is 0 Å². The Kier molecular flexibility index (Phi) is 8.69. The van der Waals surface area contributed by atoms with Gasteiger partial charge in [0.2, 0.25) is 11.8 Å². The molecule has 0 bridgehead atoms. The van der Waals surface area contributed by atoms with E-state index < -0.39 is 0 Å². The van der Waals surface area contributed by atoms with Gasteiger partial charge in [0.15, 0.2) is 0 Å². The Morgan fingerprint density at radius 1 is 0.919 bits per heavy atom. The molecule has 4 rings (SSSR count). The first kappa shape index (κ1) is 26.5. The van der Waals surface area contributed by atoms with Gasteiger partial charge in [-0.05, 0) is 75.6 Å². The average molecular weight is 506 g/mol. The van der Waals surface area contributed by atoms with Gasteiger partial charge in [-0.1, -0.05) is 25.0 Å². The van der Waals surface area contributed by atoms with E-state index in [1.807, 2.05) is 74.2 Å². The third-order valence-electron chi connectivity index (χ3n) is 7.28. The summed E-state index contributed by atoms with van der Waals surface area (Å²) in [5, 5.41) is 5.92. The largest absolute Gasteiger partial charge is 0.368 e. The molecular formula is C29H39N5O3. The second-order valence-electron chi connectivity index (χ2n) is 10.4. The predicted molar refractivity (Wildman–Crippen MR) is 148 cm³/mol. The number of nitrogens with zero attached hydrogens (tertiary/aromatic N) is 3. The number of benzene rings is 2. The minimum absolute atomic E-state index is 0.0150. The molecule has 2 aromatic carbocycles. The fourth-order valence-corrected chi connectivity index (χ4v) is 5.13. The van der Waals surface area contributed by atoms with E-state index in [0.29, 0.717) is 18.8 Å². The van der Waals surface area contributed by atoms with Crippen molar-refractivity contribution in [3.05, 3.63) is 54.1 Å². The Morgan fingerprint density at radius 2 is 1.59 bits per heavy atom. The number of piperazine rings is 1. The van der Waals surface area contributed by atoms with Crippen LogP contribution in [0, 0.1) is 12.8 Å². The molecule has 1 saturated carbocycles. The summed E-state index contributed by atoms with van der Waals surface area (Å²) in [5.41, 5.74) is 3.68. The molecule has 2 aromatic rings. The summed E-state index contributed by atoms with van der Waals surface area (Å²) in [6.07, 6.45) is 4.04. The Hall–Kier alpha value is -3.55. The van der Waals surface area contributed by atoms with E-state index in [1.165, 1.54) is 0 Å². The van der Waals surface area contributed by atoms with Crippen molar-refractivity contribution in [2.75, 3.05) is 48.3 Å². The van der Waals surface area contributed by atoms with Crippen LogP contribution in [0.25, 0.3) is 0 Å². The van der Waals surface area contributed by atoms with E-state index in [-0.39, 0.29) is 36.3 Å². The van der Waals surface area contributed by atoms with Gasteiger partial charge in [0.05, 0.1) is 0 Å². The summed E-state index contributed by atoms with van der Waals surface area (Å²) in [4.78, 5) is 44.0. The normalized spacial score (nSPS) is 16.1. The smallest absolute Gasteiger partial charge is 0.321 e. The second-order valence-corrected chi connectivity index (χ2v) is 10.4. The van der Waals surface area contributed by atoms with Crippen LogP contribution < -0.4 is 15.5 Å². The first-order chi connectivity index (χ1) is 17.8. The van der Waals surface area contributed by atoms with Gasteiger partial charge in [0.1, 0.15) is 6.54 Å². The molecule has 37 heavy (non-hydrogen) atoms. The van der Waals surface area contributed by atoms with Crippen molar-refractivity contribution in [3.63, 3.8) is 0 Å². The number of rotatable bonds is 7. The van der Waals surface area contributed by atoms with Crippen LogP contribution in [0.4, 0.5) is 21.9 Å². The third kappa shape index (κ3) is 7.02. The maximum absolute atomic E-state index is 12.9. The Labute approximate surface area is 220 Å². The molecule has 1 saturated heterocycles. The lowest BCUT2D eigenvalue weighted by Gasteiger charge is -2.36. The highest BCUT2D eigenvalue weighted by molar-refractivity contribution is 5.95. The van der Waals surface area contributed by atoms with Crippen LogP contribution >= 0.6 is 0 Å². The Balaban J connectivity index is 1.26. The topological polar surface area (TPSA) is 85.0 Å². The molecule has 8 nitrogen and oxygen atoms in total. The molecule has 1 aliphatic carbocycles. The Bertz CT molecular complexity index is 1090. The van der Waals surface area contributed by atoms with Crippen molar-refractivity contribution in [1.82, 2.24) is 9.80 Å². The molecule has 2 fully saturated rings. The summed E-state index contributed by atoms with van der Waals surface area (Å²) >= 11 is 0. The van der Waals surface area contributed by atoms with Crippen LogP contribution in [0.1, 0.15) is 45.1 Å². The van der Waals surface area contributed by atoms with Crippen LogP contribution in [0.2, 0.25) is 0 Å². The van der Waals surface area contributed by atoms with E-state index in [2.05, 4.69) is 15.5 Å². The number of anilines is 3. The quantitative estimate of drug-likeness (QED) is 0.571. The van der Waals surface area contributed by atoms with E-state index in [1.54, 1.807) is 4.90 Å². The maximum atomic E-state index is 12.9. The monoisotopic (exact) mass is 505 g/mol. The molecule has 2 N–H and O–H groups in total. The number of urea groups is 1. The maximum Gasteiger partial charge on any atom is 0.321 e. The van der Waals surface area contributed by atoms with Crippen LogP contribution in [-0.2, 0) is 9.59 Å². The van der Waals surface area contributed by atoms with Gasteiger partial charge in [-0.3, -0.25) is 9.59 Å². The van der Waals surface area contributed by atoms with Gasteiger partial charge in [-0.25, -0.2) is 4.79 Å². The molecule has 2 aliphatic rings. The van der Waals surface area contributed by atoms with Crippen LogP contribution in [0.5, 0.6) is 0 Å². The highest BCUT2D eigenvalue weighted by atomic mass is 16.2. The highest BCUT2D eigenvalue weighted by Gasteiger charge is 2.30. The van der Waals surface area contributed by atoms with Gasteiger partial charge >= 0.3 is 6.03 Å². The minimum atomic E-state index is -0.180. The average Bonchev–Trinajstić information content (AvgIpc) is 3.42. The number of carbonyl (C=O) groups is 3. The van der Waals surface area contributed by atoms with Crippen molar-refractivity contribution in [1.29, 1.82) is 0 Å². The highest BCUT2D eigenvalue weighted by Crippen LogP contribution is 2.27. The van der Waals surface area contributed by atoms with E-state index in [9.17, 15) is 14.4 Å². The SMILES string of the molecule is Cc1cccc(NC(=O)N2CCN(c3ccc(NC(=O)CN(C(=O)C4CCCC4)C(C)C)cc3)CC2)c1. The first-order valence-electron chi connectivity index (χ1n) is 13.4. The lowest BCUT2D eigenvalue weighted by atomic mass is 10.1. The lowest BCUT2D eigenvalue weighted by Crippen LogP contribution is -2.50. The van der Waals surface area contributed by atoms with E-state index in [4.69, 9.17) is 0 Å². The molecule has 1 aliphatic heterocycles. The molecule has 0 radical (unpaired) electrons. The standard InChI is InChI=1S/C29H39N5O3/c1-21(2)34(28(36)23-8-4-5-9-23)20-27(35)30-24-11-13-26(14-12-24)32-15-17-33(18-16-32)29(37)31-25-10-6-7-22(3)19-25/h6-7,10-14,19,21,23H,4-5,8-9,15-18,20H2,1-3H3,(H,30,35)(H,31,37). The van der Waals surface area contributed by atoms with Crippen molar-refractivity contribution >= 4 is 34.9 Å². The number of nitrogens with one attached hydrogen (secondary N) is 2. The summed E-state index contributed by atoms with van der Waals surface area (Å²) < 4.78 is 0. The molecule has 198 valence electrons. The summed E-state index contributed by atoms with van der Waals surface area (Å²) in [7, 11) is 0. The molecule has 8 heteroatoms. The molecule has 1 heterocycles. The van der Waals surface area contributed by atoms with Crippen LogP contribution in [0.15, 0.2) is 48.5 Å². The molecule has 0 atom stereocenters. The van der Waals surface area contributed by atoms with Crippen LogP contribution in [0.3, 0.4) is 0 Å². The van der Waals surface area contributed by atoms with E-state index >= 15 is 0 Å². The number of hydrogen-bond acceptors (Lipinski definition) is 4.